The first-order chi connectivity index (χ1) is 11.4. The van der Waals surface area contributed by atoms with Crippen LogP contribution in [0.1, 0.15) is 18.1 Å². The molecular formula is C20H22O3S. The van der Waals surface area contributed by atoms with Gasteiger partial charge in [-0.25, -0.2) is 8.42 Å². The second-order valence-electron chi connectivity index (χ2n) is 5.64. The van der Waals surface area contributed by atoms with Crippen molar-refractivity contribution < 1.29 is 13.5 Å². The molecule has 0 bridgehead atoms. The van der Waals surface area contributed by atoms with Gasteiger partial charge in [-0.1, -0.05) is 54.1 Å². The van der Waals surface area contributed by atoms with Crippen molar-refractivity contribution in [3.05, 3.63) is 88.9 Å². The van der Waals surface area contributed by atoms with E-state index in [1.54, 1.807) is 37.3 Å². The van der Waals surface area contributed by atoms with Gasteiger partial charge < -0.3 is 5.11 Å². The molecule has 4 heteroatoms. The van der Waals surface area contributed by atoms with Gasteiger partial charge in [0.25, 0.3) is 0 Å². The number of sulfone groups is 1. The molecule has 0 unspecified atom stereocenters. The van der Waals surface area contributed by atoms with Crippen LogP contribution in [0, 0.1) is 6.92 Å². The molecule has 2 aromatic carbocycles. The van der Waals surface area contributed by atoms with Gasteiger partial charge in [-0.05, 0) is 43.7 Å². The molecule has 2 aromatic rings. The predicted molar refractivity (Wildman–Crippen MR) is 97.4 cm³/mol. The van der Waals surface area contributed by atoms with E-state index >= 15 is 0 Å². The minimum atomic E-state index is -3.65. The summed E-state index contributed by atoms with van der Waals surface area (Å²) in [5, 5.41) is 10.3. The number of hydrogen-bond acceptors (Lipinski definition) is 3. The maximum absolute atomic E-state index is 12.8. The number of allylic oxidation sites excluding steroid dienone is 2. The summed E-state index contributed by atoms with van der Waals surface area (Å²) >= 11 is 0. The van der Waals surface area contributed by atoms with Crippen LogP contribution in [-0.4, -0.2) is 19.6 Å². The van der Waals surface area contributed by atoms with Crippen LogP contribution in [-0.2, 0) is 16.3 Å². The highest BCUT2D eigenvalue weighted by Gasteiger charge is 2.19. The Morgan fingerprint density at radius 3 is 2.29 bits per heavy atom. The SMILES string of the molecule is C/C=C/C(=C/[C@@H](O)Cc1ccccc1)S(=O)(=O)c1ccc(C)cc1. The Morgan fingerprint density at radius 2 is 1.71 bits per heavy atom. The van der Waals surface area contributed by atoms with Crippen LogP contribution in [0.25, 0.3) is 0 Å². The Hall–Kier alpha value is -2.17. The highest BCUT2D eigenvalue weighted by atomic mass is 32.2. The summed E-state index contributed by atoms with van der Waals surface area (Å²) in [4.78, 5) is 0.335. The smallest absolute Gasteiger partial charge is 0.206 e. The summed E-state index contributed by atoms with van der Waals surface area (Å²) in [7, 11) is -3.65. The summed E-state index contributed by atoms with van der Waals surface area (Å²) in [6, 6.07) is 16.2. The predicted octanol–water partition coefficient (Wildman–Crippen LogP) is 3.83. The van der Waals surface area contributed by atoms with Gasteiger partial charge in [0.05, 0.1) is 15.9 Å². The van der Waals surface area contributed by atoms with Crippen LogP contribution >= 0.6 is 0 Å². The van der Waals surface area contributed by atoms with Crippen LogP contribution in [0.3, 0.4) is 0 Å². The molecular weight excluding hydrogens is 320 g/mol. The summed E-state index contributed by atoms with van der Waals surface area (Å²) in [5.74, 6) is 0. The molecule has 0 heterocycles. The Kier molecular flexibility index (Phi) is 6.12. The molecule has 3 nitrogen and oxygen atoms in total. The van der Waals surface area contributed by atoms with Crippen LogP contribution in [0.4, 0.5) is 0 Å². The number of benzene rings is 2. The lowest BCUT2D eigenvalue weighted by atomic mass is 10.1. The number of rotatable bonds is 6. The first-order valence-electron chi connectivity index (χ1n) is 7.82. The highest BCUT2D eigenvalue weighted by molar-refractivity contribution is 7.95. The average molecular weight is 342 g/mol. The third-order valence-electron chi connectivity index (χ3n) is 3.62. The van der Waals surface area contributed by atoms with Gasteiger partial charge in [0, 0.05) is 6.42 Å². The van der Waals surface area contributed by atoms with Crippen molar-refractivity contribution in [1.29, 1.82) is 0 Å². The van der Waals surface area contributed by atoms with Gasteiger partial charge >= 0.3 is 0 Å². The lowest BCUT2D eigenvalue weighted by Gasteiger charge is -2.10. The van der Waals surface area contributed by atoms with Crippen molar-refractivity contribution in [2.45, 2.75) is 31.3 Å². The van der Waals surface area contributed by atoms with Crippen molar-refractivity contribution in [3.63, 3.8) is 0 Å². The molecule has 0 saturated heterocycles. The zero-order chi connectivity index (χ0) is 17.6. The second-order valence-corrected chi connectivity index (χ2v) is 7.59. The summed E-state index contributed by atoms with van der Waals surface area (Å²) in [5.41, 5.74) is 1.95. The monoisotopic (exact) mass is 342 g/mol. The van der Waals surface area contributed by atoms with Gasteiger partial charge in [0.2, 0.25) is 9.84 Å². The van der Waals surface area contributed by atoms with Crippen LogP contribution in [0.5, 0.6) is 0 Å². The van der Waals surface area contributed by atoms with E-state index in [0.717, 1.165) is 11.1 Å². The van der Waals surface area contributed by atoms with Crippen molar-refractivity contribution in [3.8, 4) is 0 Å². The van der Waals surface area contributed by atoms with Gasteiger partial charge in [0.1, 0.15) is 0 Å². The molecule has 0 radical (unpaired) electrons. The maximum Gasteiger partial charge on any atom is 0.206 e. The first-order valence-corrected chi connectivity index (χ1v) is 9.30. The van der Waals surface area contributed by atoms with Crippen molar-refractivity contribution in [2.75, 3.05) is 0 Å². The summed E-state index contributed by atoms with van der Waals surface area (Å²) in [6.45, 7) is 3.66. The Morgan fingerprint density at radius 1 is 1.08 bits per heavy atom. The maximum atomic E-state index is 12.8. The Bertz CT molecular complexity index is 817. The average Bonchev–Trinajstić information content (AvgIpc) is 2.55. The Balaban J connectivity index is 2.32. The molecule has 24 heavy (non-hydrogen) atoms. The van der Waals surface area contributed by atoms with E-state index in [1.165, 1.54) is 12.2 Å². The molecule has 0 spiro atoms. The highest BCUT2D eigenvalue weighted by Crippen LogP contribution is 2.22. The number of hydrogen-bond donors (Lipinski definition) is 1. The van der Waals surface area contributed by atoms with Gasteiger partial charge in [-0.2, -0.15) is 0 Å². The fourth-order valence-electron chi connectivity index (χ4n) is 2.36. The largest absolute Gasteiger partial charge is 0.389 e. The van der Waals surface area contributed by atoms with Crippen LogP contribution in [0.15, 0.2) is 82.6 Å². The third-order valence-corrected chi connectivity index (χ3v) is 5.40. The standard InChI is InChI=1S/C20H22O3S/c1-3-7-20(15-18(21)14-17-8-5-4-6-9-17)24(22,23)19-12-10-16(2)11-13-19/h3-13,15,18,21H,14H2,1-2H3/b7-3+,20-15-/t18-/m0/s1. The van der Waals surface area contributed by atoms with Gasteiger partial charge in [0.15, 0.2) is 0 Å². The molecule has 1 atom stereocenters. The first kappa shape index (κ1) is 18.2. The zero-order valence-corrected chi connectivity index (χ0v) is 14.7. The van der Waals surface area contributed by atoms with Crippen LogP contribution in [0.2, 0.25) is 0 Å². The fraction of sp³-hybridized carbons (Fsp3) is 0.200. The fourth-order valence-corrected chi connectivity index (χ4v) is 3.77. The van der Waals surface area contributed by atoms with Crippen LogP contribution < -0.4 is 0 Å². The van der Waals surface area contributed by atoms with Crippen molar-refractivity contribution >= 4 is 9.84 Å². The molecule has 0 amide bonds. The number of aliphatic hydroxyl groups is 1. The second kappa shape index (κ2) is 8.08. The van der Waals surface area contributed by atoms with E-state index in [1.807, 2.05) is 37.3 Å². The van der Waals surface area contributed by atoms with E-state index < -0.39 is 15.9 Å². The lowest BCUT2D eigenvalue weighted by molar-refractivity contribution is 0.223. The van der Waals surface area contributed by atoms with E-state index in [2.05, 4.69) is 0 Å². The van der Waals surface area contributed by atoms with Gasteiger partial charge in [-0.3, -0.25) is 0 Å². The summed E-state index contributed by atoms with van der Waals surface area (Å²) < 4.78 is 25.6. The molecule has 2 rings (SSSR count). The molecule has 0 aliphatic heterocycles. The minimum Gasteiger partial charge on any atom is -0.389 e. The van der Waals surface area contributed by atoms with E-state index in [9.17, 15) is 13.5 Å². The number of aliphatic hydroxyl groups excluding tert-OH is 1. The minimum absolute atomic E-state index is 0.109. The molecule has 126 valence electrons. The lowest BCUT2D eigenvalue weighted by Crippen LogP contribution is -2.11. The molecule has 0 saturated carbocycles. The van der Waals surface area contributed by atoms with Crippen molar-refractivity contribution in [2.24, 2.45) is 0 Å². The van der Waals surface area contributed by atoms with Gasteiger partial charge in [-0.15, -0.1) is 0 Å². The molecule has 0 aliphatic rings. The van der Waals surface area contributed by atoms with E-state index in [0.29, 0.717) is 6.42 Å². The third kappa shape index (κ3) is 4.66. The zero-order valence-electron chi connectivity index (χ0n) is 13.9. The van der Waals surface area contributed by atoms with Crippen molar-refractivity contribution in [1.82, 2.24) is 0 Å². The summed E-state index contributed by atoms with van der Waals surface area (Å²) in [6.07, 6.45) is 4.07. The normalized spacial score (nSPS) is 14.0. The molecule has 0 aromatic heterocycles. The molecule has 0 fully saturated rings. The number of aryl methyl sites for hydroxylation is 1. The topological polar surface area (TPSA) is 54.4 Å². The molecule has 0 aliphatic carbocycles. The molecule has 1 N–H and O–H groups in total. The Labute approximate surface area is 143 Å². The van der Waals surface area contributed by atoms with E-state index in [4.69, 9.17) is 0 Å². The van der Waals surface area contributed by atoms with E-state index in [-0.39, 0.29) is 9.80 Å². The quantitative estimate of drug-likeness (QED) is 0.812.